The van der Waals surface area contributed by atoms with Gasteiger partial charge in [0.2, 0.25) is 0 Å². The highest BCUT2D eigenvalue weighted by Gasteiger charge is 2.25. The molecule has 0 saturated carbocycles. The van der Waals surface area contributed by atoms with Crippen LogP contribution in [0, 0.1) is 0 Å². The van der Waals surface area contributed by atoms with Crippen molar-refractivity contribution in [1.29, 1.82) is 0 Å². The van der Waals surface area contributed by atoms with Gasteiger partial charge in [-0.2, -0.15) is 0 Å². The van der Waals surface area contributed by atoms with Gasteiger partial charge in [0, 0.05) is 19.1 Å². The second-order valence-electron chi connectivity index (χ2n) is 6.45. The molecule has 2 N–H and O–H groups in total. The van der Waals surface area contributed by atoms with Crippen molar-refractivity contribution in [3.8, 4) is 0 Å². The molecule has 0 bridgehead atoms. The molecule has 1 aromatic heterocycles. The molecule has 1 aliphatic rings. The van der Waals surface area contributed by atoms with E-state index in [1.165, 1.54) is 5.69 Å². The minimum absolute atomic E-state index is 0.295. The third-order valence-electron chi connectivity index (χ3n) is 4.34. The van der Waals surface area contributed by atoms with E-state index in [0.29, 0.717) is 6.04 Å². The Kier molecular flexibility index (Phi) is 5.59. The minimum Gasteiger partial charge on any atom is -0.390 e. The molecule has 1 saturated heterocycles. The number of nitrogens with zero attached hydrogens (tertiary/aromatic N) is 2. The van der Waals surface area contributed by atoms with Crippen molar-refractivity contribution in [1.82, 2.24) is 10.3 Å². The third kappa shape index (κ3) is 4.68. The van der Waals surface area contributed by atoms with Crippen molar-refractivity contribution in [3.63, 3.8) is 0 Å². The summed E-state index contributed by atoms with van der Waals surface area (Å²) in [6.45, 7) is 9.19. The fourth-order valence-corrected chi connectivity index (χ4v) is 2.83. The van der Waals surface area contributed by atoms with Gasteiger partial charge in [-0.1, -0.05) is 6.92 Å². The Balaban J connectivity index is 1.98. The van der Waals surface area contributed by atoms with E-state index in [-0.39, 0.29) is 0 Å². The number of nitrogens with one attached hydrogen (secondary N) is 1. The first kappa shape index (κ1) is 16.2. The van der Waals surface area contributed by atoms with Crippen molar-refractivity contribution in [2.75, 3.05) is 24.5 Å². The highest BCUT2D eigenvalue weighted by molar-refractivity contribution is 5.45. The van der Waals surface area contributed by atoms with Crippen LogP contribution >= 0.6 is 0 Å². The lowest BCUT2D eigenvalue weighted by atomic mass is 9.98. The van der Waals surface area contributed by atoms with Crippen LogP contribution < -0.4 is 10.2 Å². The molecule has 2 heterocycles. The Bertz CT molecular complexity index is 430. The van der Waals surface area contributed by atoms with Crippen LogP contribution in [0.15, 0.2) is 18.3 Å². The average molecular weight is 291 g/mol. The average Bonchev–Trinajstić information content (AvgIpc) is 2.66. The predicted octanol–water partition coefficient (Wildman–Crippen LogP) is 2.88. The van der Waals surface area contributed by atoms with Gasteiger partial charge in [0.15, 0.2) is 0 Å². The molecule has 21 heavy (non-hydrogen) atoms. The molecule has 0 radical (unpaired) electrons. The van der Waals surface area contributed by atoms with Gasteiger partial charge < -0.3 is 15.3 Å². The molecular weight excluding hydrogens is 262 g/mol. The van der Waals surface area contributed by atoms with Gasteiger partial charge in [-0.05, 0) is 58.2 Å². The van der Waals surface area contributed by atoms with E-state index < -0.39 is 5.60 Å². The molecule has 0 aliphatic carbocycles. The minimum atomic E-state index is -0.513. The summed E-state index contributed by atoms with van der Waals surface area (Å²) in [5.41, 5.74) is 1.74. The molecule has 4 nitrogen and oxygen atoms in total. The lowest BCUT2D eigenvalue weighted by molar-refractivity contribution is 0.0481. The molecule has 1 aliphatic heterocycles. The van der Waals surface area contributed by atoms with E-state index in [1.54, 1.807) is 0 Å². The Morgan fingerprint density at radius 2 is 2.19 bits per heavy atom. The van der Waals surface area contributed by atoms with Crippen molar-refractivity contribution in [2.45, 2.75) is 58.1 Å². The molecule has 4 heteroatoms. The van der Waals surface area contributed by atoms with Crippen LogP contribution in [0.1, 0.15) is 58.2 Å². The molecule has 0 aromatic carbocycles. The Labute approximate surface area is 128 Å². The molecule has 2 atom stereocenters. The largest absolute Gasteiger partial charge is 0.390 e. The number of hydrogen-bond donors (Lipinski definition) is 2. The SMILES string of the molecule is CCCNC(C)c1ccc(N2CCCC(C)(O)CC2)cn1. The molecule has 0 amide bonds. The number of anilines is 1. The molecule has 2 unspecified atom stereocenters. The van der Waals surface area contributed by atoms with E-state index in [4.69, 9.17) is 0 Å². The second kappa shape index (κ2) is 7.23. The predicted molar refractivity (Wildman–Crippen MR) is 87.6 cm³/mol. The first-order valence-electron chi connectivity index (χ1n) is 8.18. The summed E-state index contributed by atoms with van der Waals surface area (Å²) in [4.78, 5) is 6.94. The third-order valence-corrected chi connectivity index (χ3v) is 4.34. The van der Waals surface area contributed by atoms with Crippen molar-refractivity contribution in [3.05, 3.63) is 24.0 Å². The van der Waals surface area contributed by atoms with Crippen LogP contribution in [0.3, 0.4) is 0 Å². The summed E-state index contributed by atoms with van der Waals surface area (Å²) in [5.74, 6) is 0. The zero-order valence-corrected chi connectivity index (χ0v) is 13.6. The first-order valence-corrected chi connectivity index (χ1v) is 8.18. The van der Waals surface area contributed by atoms with Gasteiger partial charge in [-0.15, -0.1) is 0 Å². The maximum absolute atomic E-state index is 10.2. The van der Waals surface area contributed by atoms with Crippen LogP contribution in [0.5, 0.6) is 0 Å². The zero-order chi connectivity index (χ0) is 15.3. The fourth-order valence-electron chi connectivity index (χ4n) is 2.83. The summed E-state index contributed by atoms with van der Waals surface area (Å²) in [6, 6.07) is 4.57. The van der Waals surface area contributed by atoms with Crippen LogP contribution in [-0.4, -0.2) is 35.3 Å². The Hall–Kier alpha value is -1.13. The van der Waals surface area contributed by atoms with Crippen LogP contribution in [0.25, 0.3) is 0 Å². The molecule has 118 valence electrons. The summed E-state index contributed by atoms with van der Waals surface area (Å²) >= 11 is 0. The molecule has 1 aromatic rings. The van der Waals surface area contributed by atoms with Crippen LogP contribution in [0.4, 0.5) is 5.69 Å². The van der Waals surface area contributed by atoms with Gasteiger partial charge in [0.05, 0.1) is 23.2 Å². The lowest BCUT2D eigenvalue weighted by Crippen LogP contribution is -2.28. The summed E-state index contributed by atoms with van der Waals surface area (Å²) < 4.78 is 0. The number of pyridine rings is 1. The van der Waals surface area contributed by atoms with E-state index in [9.17, 15) is 5.11 Å². The van der Waals surface area contributed by atoms with Crippen LogP contribution in [0.2, 0.25) is 0 Å². The van der Waals surface area contributed by atoms with Crippen molar-refractivity contribution in [2.24, 2.45) is 0 Å². The number of rotatable bonds is 5. The van der Waals surface area contributed by atoms with Crippen molar-refractivity contribution < 1.29 is 5.11 Å². The van der Waals surface area contributed by atoms with E-state index in [2.05, 4.69) is 41.2 Å². The van der Waals surface area contributed by atoms with Gasteiger partial charge in [-0.3, -0.25) is 4.98 Å². The summed E-state index contributed by atoms with van der Waals surface area (Å²) in [5, 5.41) is 13.6. The topological polar surface area (TPSA) is 48.4 Å². The highest BCUT2D eigenvalue weighted by Crippen LogP contribution is 2.25. The van der Waals surface area contributed by atoms with E-state index in [1.807, 2.05) is 13.1 Å². The van der Waals surface area contributed by atoms with E-state index in [0.717, 1.165) is 51.0 Å². The molecule has 0 spiro atoms. The Morgan fingerprint density at radius 1 is 1.38 bits per heavy atom. The zero-order valence-electron chi connectivity index (χ0n) is 13.6. The highest BCUT2D eigenvalue weighted by atomic mass is 16.3. The second-order valence-corrected chi connectivity index (χ2v) is 6.45. The summed E-state index contributed by atoms with van der Waals surface area (Å²) in [6.07, 6.45) is 5.84. The normalized spacial score (nSPS) is 24.7. The van der Waals surface area contributed by atoms with Gasteiger partial charge in [-0.25, -0.2) is 0 Å². The quantitative estimate of drug-likeness (QED) is 0.876. The lowest BCUT2D eigenvalue weighted by Gasteiger charge is -2.24. The maximum atomic E-state index is 10.2. The molecule has 2 rings (SSSR count). The fraction of sp³-hybridized carbons (Fsp3) is 0.706. The first-order chi connectivity index (χ1) is 10.0. The smallest absolute Gasteiger partial charge is 0.0637 e. The standard InChI is InChI=1S/C17H29N3O/c1-4-10-18-14(2)16-7-6-15(13-19-16)20-11-5-8-17(3,21)9-12-20/h6-7,13-14,18,21H,4-5,8-12H2,1-3H3. The van der Waals surface area contributed by atoms with Gasteiger partial charge >= 0.3 is 0 Å². The van der Waals surface area contributed by atoms with Crippen molar-refractivity contribution >= 4 is 5.69 Å². The number of aromatic nitrogens is 1. The Morgan fingerprint density at radius 3 is 2.86 bits per heavy atom. The summed E-state index contributed by atoms with van der Waals surface area (Å²) in [7, 11) is 0. The maximum Gasteiger partial charge on any atom is 0.0637 e. The molecule has 1 fully saturated rings. The monoisotopic (exact) mass is 291 g/mol. The van der Waals surface area contributed by atoms with Crippen LogP contribution in [-0.2, 0) is 0 Å². The van der Waals surface area contributed by atoms with Gasteiger partial charge in [0.1, 0.15) is 0 Å². The number of aliphatic hydroxyl groups is 1. The number of hydrogen-bond acceptors (Lipinski definition) is 4. The van der Waals surface area contributed by atoms with E-state index >= 15 is 0 Å². The van der Waals surface area contributed by atoms with Gasteiger partial charge in [0.25, 0.3) is 0 Å². The molecular formula is C17H29N3O.